The third-order valence-corrected chi connectivity index (χ3v) is 5.79. The summed E-state index contributed by atoms with van der Waals surface area (Å²) in [7, 11) is 2.02. The lowest BCUT2D eigenvalue weighted by molar-refractivity contribution is -0.106. The lowest BCUT2D eigenvalue weighted by Crippen LogP contribution is -2.12. The van der Waals surface area contributed by atoms with Gasteiger partial charge in [-0.3, -0.25) is 4.57 Å². The fraction of sp³-hybridized carbons (Fsp3) is 0.217. The van der Waals surface area contributed by atoms with Gasteiger partial charge < -0.3 is 15.8 Å². The number of carbonyl (C=O) groups is 1. The minimum absolute atomic E-state index is 0.422. The van der Waals surface area contributed by atoms with Gasteiger partial charge in [0.25, 0.3) is 0 Å². The van der Waals surface area contributed by atoms with Crippen LogP contribution in [0, 0.1) is 0 Å². The standard InChI is InChI=1S/C21H19BrN6.C2H4O/c1-24-17-7-4-12-9-14(5-6-15(12)17)28-20(16-3-2-8-25-19(16)23)27-18-10-13(22)11-26-21(18)28;1-2-3/h2-3,5-6,8-11,17,24H,4,7H2,1H3,(H2,23,25);2H,1H3. The van der Waals surface area contributed by atoms with Crippen molar-refractivity contribution in [1.29, 1.82) is 0 Å². The van der Waals surface area contributed by atoms with Crippen molar-refractivity contribution in [1.82, 2.24) is 24.8 Å². The second kappa shape index (κ2) is 8.95. The molecule has 3 N–H and O–H groups in total. The van der Waals surface area contributed by atoms with Crippen LogP contribution in [0.1, 0.15) is 30.5 Å². The molecular weight excluding hydrogens is 456 g/mol. The Morgan fingerprint density at radius 2 is 2.06 bits per heavy atom. The first-order valence-corrected chi connectivity index (χ1v) is 10.8. The summed E-state index contributed by atoms with van der Waals surface area (Å²) in [4.78, 5) is 22.5. The van der Waals surface area contributed by atoms with Crippen LogP contribution in [-0.4, -0.2) is 32.9 Å². The van der Waals surface area contributed by atoms with Crippen molar-refractivity contribution in [2.75, 3.05) is 12.8 Å². The van der Waals surface area contributed by atoms with E-state index in [-0.39, 0.29) is 0 Å². The Morgan fingerprint density at radius 3 is 2.81 bits per heavy atom. The van der Waals surface area contributed by atoms with E-state index < -0.39 is 0 Å². The molecule has 1 unspecified atom stereocenters. The van der Waals surface area contributed by atoms with E-state index in [1.54, 1.807) is 12.4 Å². The highest BCUT2D eigenvalue weighted by molar-refractivity contribution is 9.10. The summed E-state index contributed by atoms with van der Waals surface area (Å²) < 4.78 is 2.96. The average Bonchev–Trinajstić information content (AvgIpc) is 3.34. The van der Waals surface area contributed by atoms with E-state index in [0.717, 1.165) is 51.8 Å². The van der Waals surface area contributed by atoms with E-state index in [1.165, 1.54) is 18.1 Å². The summed E-state index contributed by atoms with van der Waals surface area (Å²) >= 11 is 3.49. The van der Waals surface area contributed by atoms with Gasteiger partial charge in [0, 0.05) is 28.6 Å². The molecule has 0 fully saturated rings. The fourth-order valence-corrected chi connectivity index (χ4v) is 4.33. The number of aldehydes is 1. The molecule has 5 rings (SSSR count). The molecule has 7 nitrogen and oxygen atoms in total. The van der Waals surface area contributed by atoms with Crippen molar-refractivity contribution in [3.8, 4) is 17.1 Å². The lowest BCUT2D eigenvalue weighted by atomic mass is 10.1. The molecule has 0 saturated heterocycles. The van der Waals surface area contributed by atoms with Gasteiger partial charge in [0.15, 0.2) is 11.5 Å². The van der Waals surface area contributed by atoms with Crippen molar-refractivity contribution in [3.05, 3.63) is 64.4 Å². The topological polar surface area (TPSA) is 98.7 Å². The Hall–Kier alpha value is -3.10. The van der Waals surface area contributed by atoms with E-state index in [9.17, 15) is 0 Å². The molecule has 0 amide bonds. The van der Waals surface area contributed by atoms with Crippen LogP contribution >= 0.6 is 15.9 Å². The number of aromatic nitrogens is 4. The number of hydrogen-bond acceptors (Lipinski definition) is 6. The zero-order valence-corrected chi connectivity index (χ0v) is 18.9. The number of nitrogens with one attached hydrogen (secondary N) is 1. The highest BCUT2D eigenvalue weighted by Gasteiger charge is 2.23. The molecule has 0 radical (unpaired) electrons. The predicted molar refractivity (Wildman–Crippen MR) is 126 cm³/mol. The highest BCUT2D eigenvalue weighted by atomic mass is 79.9. The third kappa shape index (κ3) is 3.96. The minimum Gasteiger partial charge on any atom is -0.383 e. The number of fused-ring (bicyclic) bond motifs is 2. The van der Waals surface area contributed by atoms with Gasteiger partial charge in [0.05, 0.1) is 5.56 Å². The van der Waals surface area contributed by atoms with E-state index in [0.29, 0.717) is 11.9 Å². The van der Waals surface area contributed by atoms with Crippen LogP contribution in [0.5, 0.6) is 0 Å². The number of nitrogens with zero attached hydrogens (tertiary/aromatic N) is 4. The average molecular weight is 479 g/mol. The van der Waals surface area contributed by atoms with Gasteiger partial charge in [-0.25, -0.2) is 15.0 Å². The molecule has 1 aliphatic rings. The number of hydrogen-bond donors (Lipinski definition) is 2. The SMILES string of the molecule is CC=O.CNC1CCc2cc(-n3c(-c4cccnc4N)nc4cc(Br)cnc43)ccc21. The second-order valence-electron chi connectivity index (χ2n) is 7.20. The number of aryl methyl sites for hydroxylation is 1. The molecule has 8 heteroatoms. The first-order chi connectivity index (χ1) is 15.1. The number of rotatable bonds is 3. The van der Waals surface area contributed by atoms with Crippen LogP contribution in [0.25, 0.3) is 28.2 Å². The number of pyridine rings is 2. The van der Waals surface area contributed by atoms with Gasteiger partial charge in [0.1, 0.15) is 17.6 Å². The zero-order valence-electron chi connectivity index (χ0n) is 17.3. The van der Waals surface area contributed by atoms with E-state index in [4.69, 9.17) is 15.5 Å². The zero-order chi connectivity index (χ0) is 22.0. The van der Waals surface area contributed by atoms with Gasteiger partial charge in [-0.05, 0) is 84.2 Å². The van der Waals surface area contributed by atoms with E-state index in [2.05, 4.69) is 54.0 Å². The minimum atomic E-state index is 0.422. The van der Waals surface area contributed by atoms with Crippen molar-refractivity contribution < 1.29 is 4.79 Å². The number of benzene rings is 1. The molecule has 0 bridgehead atoms. The number of anilines is 1. The first kappa shape index (κ1) is 21.1. The molecular formula is C23H23BrN6O. The van der Waals surface area contributed by atoms with Gasteiger partial charge >= 0.3 is 0 Å². The van der Waals surface area contributed by atoms with Crippen LogP contribution in [0.2, 0.25) is 0 Å². The number of carbonyl (C=O) groups excluding carboxylic acids is 1. The predicted octanol–water partition coefficient (Wildman–Crippen LogP) is 4.24. The molecule has 3 heterocycles. The molecule has 1 aliphatic carbocycles. The quantitative estimate of drug-likeness (QED) is 0.427. The number of nitrogens with two attached hydrogens (primary N) is 1. The lowest BCUT2D eigenvalue weighted by Gasteiger charge is -2.13. The Balaban J connectivity index is 0.000000730. The first-order valence-electron chi connectivity index (χ1n) is 10.0. The molecule has 0 spiro atoms. The maximum atomic E-state index is 8.81. The van der Waals surface area contributed by atoms with Crippen LogP contribution in [0.4, 0.5) is 5.82 Å². The fourth-order valence-electron chi connectivity index (χ4n) is 4.02. The second-order valence-corrected chi connectivity index (χ2v) is 8.12. The Morgan fingerprint density at radius 1 is 1.26 bits per heavy atom. The van der Waals surface area contributed by atoms with E-state index >= 15 is 0 Å². The molecule has 3 aromatic heterocycles. The summed E-state index contributed by atoms with van der Waals surface area (Å²) in [5, 5.41) is 3.39. The Bertz CT molecular complexity index is 1250. The molecule has 31 heavy (non-hydrogen) atoms. The maximum Gasteiger partial charge on any atom is 0.165 e. The number of halogens is 1. The molecule has 0 aliphatic heterocycles. The molecule has 0 saturated carbocycles. The van der Waals surface area contributed by atoms with Gasteiger partial charge in [-0.1, -0.05) is 6.07 Å². The van der Waals surface area contributed by atoms with Gasteiger partial charge in [-0.15, -0.1) is 0 Å². The third-order valence-electron chi connectivity index (χ3n) is 5.35. The monoisotopic (exact) mass is 478 g/mol. The van der Waals surface area contributed by atoms with Crippen LogP contribution in [-0.2, 0) is 11.2 Å². The van der Waals surface area contributed by atoms with Crippen molar-refractivity contribution in [2.45, 2.75) is 25.8 Å². The van der Waals surface area contributed by atoms with Crippen molar-refractivity contribution >= 4 is 39.2 Å². The van der Waals surface area contributed by atoms with E-state index in [1.807, 2.05) is 25.2 Å². The molecule has 158 valence electrons. The Kier molecular flexibility index (Phi) is 6.11. The van der Waals surface area contributed by atoms with Crippen molar-refractivity contribution in [3.63, 3.8) is 0 Å². The smallest absolute Gasteiger partial charge is 0.165 e. The van der Waals surface area contributed by atoms with Gasteiger partial charge in [-0.2, -0.15) is 0 Å². The van der Waals surface area contributed by atoms with Gasteiger partial charge in [0.2, 0.25) is 0 Å². The van der Waals surface area contributed by atoms with Crippen LogP contribution < -0.4 is 11.1 Å². The van der Waals surface area contributed by atoms with Crippen molar-refractivity contribution in [2.24, 2.45) is 0 Å². The normalized spacial score (nSPS) is 14.7. The number of imidazole rings is 1. The summed E-state index contributed by atoms with van der Waals surface area (Å²) in [6, 6.07) is 12.8. The summed E-state index contributed by atoms with van der Waals surface area (Å²) in [6.07, 6.45) is 6.41. The Labute approximate surface area is 188 Å². The molecule has 4 aromatic rings. The summed E-state index contributed by atoms with van der Waals surface area (Å²) in [6.45, 7) is 1.44. The van der Waals surface area contributed by atoms with Crippen LogP contribution in [0.15, 0.2) is 53.3 Å². The highest BCUT2D eigenvalue weighted by Crippen LogP contribution is 2.35. The molecule has 1 atom stereocenters. The molecule has 1 aromatic carbocycles. The summed E-state index contributed by atoms with van der Waals surface area (Å²) in [5.41, 5.74) is 12.3. The summed E-state index contributed by atoms with van der Waals surface area (Å²) in [5.74, 6) is 1.20. The maximum absolute atomic E-state index is 8.81. The number of nitrogen functional groups attached to an aromatic ring is 1. The largest absolute Gasteiger partial charge is 0.383 e. The van der Waals surface area contributed by atoms with Crippen LogP contribution in [0.3, 0.4) is 0 Å².